The quantitative estimate of drug-likeness (QED) is 0.102. The van der Waals surface area contributed by atoms with Gasteiger partial charge < -0.3 is 26.0 Å². The van der Waals surface area contributed by atoms with Crippen LogP contribution in [0.5, 0.6) is 0 Å². The summed E-state index contributed by atoms with van der Waals surface area (Å²) < 4.78 is 1.44. The van der Waals surface area contributed by atoms with Crippen molar-refractivity contribution in [1.82, 2.24) is 40.7 Å². The molecule has 4 rings (SSSR count). The largest absolute Gasteiger partial charge is 0.481 e. The van der Waals surface area contributed by atoms with Gasteiger partial charge >= 0.3 is 5.97 Å². The maximum absolute atomic E-state index is 12.8. The summed E-state index contributed by atoms with van der Waals surface area (Å²) in [6, 6.07) is -0.924. The highest BCUT2D eigenvalue weighted by molar-refractivity contribution is 8.00. The number of nitrogens with one attached hydrogen (secondary N) is 3. The number of thiocarbonyl (C=S) groups is 1. The molecule has 2 unspecified atom stereocenters. The average Bonchev–Trinajstić information content (AvgIpc) is 3.48. The van der Waals surface area contributed by atoms with Gasteiger partial charge in [0.05, 0.1) is 0 Å². The number of thiazole rings is 1. The molecule has 0 aromatic carbocycles. The van der Waals surface area contributed by atoms with Crippen molar-refractivity contribution in [2.45, 2.75) is 16.6 Å². The second-order valence-electron chi connectivity index (χ2n) is 7.65. The van der Waals surface area contributed by atoms with Crippen LogP contribution >= 0.6 is 47.1 Å². The van der Waals surface area contributed by atoms with Gasteiger partial charge in [0.25, 0.3) is 11.7 Å². The highest BCUT2D eigenvalue weighted by Gasteiger charge is 2.57. The third-order valence-corrected chi connectivity index (χ3v) is 9.29. The molecular weight excluding hydrogens is 539 g/mol. The number of carboxylic acids is 1. The van der Waals surface area contributed by atoms with Gasteiger partial charge in [-0.3, -0.25) is 19.2 Å². The normalized spacial score (nSPS) is 23.1. The van der Waals surface area contributed by atoms with E-state index in [0.717, 1.165) is 11.3 Å². The first kappa shape index (κ1) is 25.3. The zero-order valence-corrected chi connectivity index (χ0v) is 21.5. The first-order valence-corrected chi connectivity index (χ1v) is 13.3. The zero-order valence-electron chi connectivity index (χ0n) is 18.2. The lowest BCUT2D eigenvalue weighted by molar-refractivity contribution is -0.157. The summed E-state index contributed by atoms with van der Waals surface area (Å²) in [7, 11) is 3.27. The fourth-order valence-corrected chi connectivity index (χ4v) is 6.94. The van der Waals surface area contributed by atoms with Crippen molar-refractivity contribution >= 4 is 80.9 Å². The van der Waals surface area contributed by atoms with Crippen molar-refractivity contribution in [2.24, 2.45) is 12.5 Å². The Morgan fingerprint density at radius 1 is 1.40 bits per heavy atom. The third kappa shape index (κ3) is 4.95. The Bertz CT molecular complexity index is 1200. The predicted octanol–water partition coefficient (Wildman–Crippen LogP) is -0.971. The number of rotatable bonds is 8. The first-order valence-electron chi connectivity index (χ1n) is 9.95. The standard InChI is InChI=1S/C17H19N9O5S4/c1-18-14(32)21-15-19-7(3-33-15)9(27)10(28)20-8-11(29)26-4-17(13(30)31,5-34-12(8)26)6-35-16-22-23-24-25(16)2/h3,8,12H,4-6H2,1-2H3,(H,20,28)(H,30,31)(H2,18,19,21,32)/t8?,12-,17?/m1/s1. The number of nitrogens with zero attached hydrogens (tertiary/aromatic N) is 6. The van der Waals surface area contributed by atoms with E-state index < -0.39 is 40.4 Å². The number of carboxylic acid groups (broad SMARTS) is 1. The molecule has 2 aromatic rings. The van der Waals surface area contributed by atoms with E-state index in [4.69, 9.17) is 12.2 Å². The van der Waals surface area contributed by atoms with Crippen LogP contribution in [-0.4, -0.2) is 100 Å². The number of hydrogen-bond acceptors (Lipinski definition) is 12. The summed E-state index contributed by atoms with van der Waals surface area (Å²) in [5, 5.41) is 31.0. The highest BCUT2D eigenvalue weighted by Crippen LogP contribution is 2.44. The van der Waals surface area contributed by atoms with Gasteiger partial charge in [-0.2, -0.15) is 0 Å². The van der Waals surface area contributed by atoms with E-state index in [2.05, 4.69) is 36.5 Å². The van der Waals surface area contributed by atoms with Gasteiger partial charge in [0.1, 0.15) is 22.5 Å². The van der Waals surface area contributed by atoms with E-state index >= 15 is 0 Å². The maximum atomic E-state index is 12.8. The van der Waals surface area contributed by atoms with Crippen molar-refractivity contribution in [1.29, 1.82) is 0 Å². The summed E-state index contributed by atoms with van der Waals surface area (Å²) >= 11 is 8.52. The Labute approximate surface area is 216 Å². The molecule has 3 atom stereocenters. The van der Waals surface area contributed by atoms with Gasteiger partial charge in [-0.25, -0.2) is 9.67 Å². The molecule has 2 aromatic heterocycles. The fraction of sp³-hybridized carbons (Fsp3) is 0.471. The number of carbonyl (C=O) groups excluding carboxylic acids is 3. The third-order valence-electron chi connectivity index (χ3n) is 5.33. The Hall–Kier alpha value is -2.83. The van der Waals surface area contributed by atoms with Crippen molar-refractivity contribution in [3.8, 4) is 0 Å². The lowest BCUT2D eigenvalue weighted by atomic mass is 9.89. The highest BCUT2D eigenvalue weighted by atomic mass is 32.2. The maximum Gasteiger partial charge on any atom is 0.313 e. The van der Waals surface area contributed by atoms with E-state index in [9.17, 15) is 24.3 Å². The van der Waals surface area contributed by atoms with Gasteiger partial charge in [-0.1, -0.05) is 11.8 Å². The molecule has 0 bridgehead atoms. The number of aromatic nitrogens is 5. The molecule has 4 N–H and O–H groups in total. The molecule has 0 spiro atoms. The molecule has 2 saturated heterocycles. The van der Waals surface area contributed by atoms with Crippen LogP contribution in [-0.2, 0) is 21.4 Å². The zero-order chi connectivity index (χ0) is 25.3. The van der Waals surface area contributed by atoms with Gasteiger partial charge in [0.15, 0.2) is 10.2 Å². The number of aryl methyl sites for hydroxylation is 1. The number of hydrogen-bond donors (Lipinski definition) is 4. The summed E-state index contributed by atoms with van der Waals surface area (Å²) in [5.74, 6) is -2.96. The molecule has 186 valence electrons. The minimum Gasteiger partial charge on any atom is -0.481 e. The van der Waals surface area contributed by atoms with Crippen LogP contribution in [0.2, 0.25) is 0 Å². The van der Waals surface area contributed by atoms with Crippen molar-refractivity contribution < 1.29 is 24.3 Å². The predicted molar refractivity (Wildman–Crippen MR) is 131 cm³/mol. The number of amides is 2. The SMILES string of the molecule is CNC(=S)Nc1nc(C(=O)C(=O)NC2C(=O)N3CC(CSc4nnnn4C)(C(=O)O)CS[C@H]23)cs1. The monoisotopic (exact) mass is 557 g/mol. The van der Waals surface area contributed by atoms with E-state index in [1.54, 1.807) is 14.1 Å². The first-order chi connectivity index (χ1) is 16.6. The van der Waals surface area contributed by atoms with E-state index in [1.807, 2.05) is 0 Å². The molecule has 2 aliphatic heterocycles. The number of fused-ring (bicyclic) bond motifs is 1. The van der Waals surface area contributed by atoms with Crippen LogP contribution in [0, 0.1) is 5.41 Å². The molecule has 18 heteroatoms. The number of ketones is 1. The summed E-state index contributed by atoms with van der Waals surface area (Å²) in [4.78, 5) is 55.3. The number of Topliss-reactive ketones (excluding diaryl/α,β-unsaturated/α-hetero) is 1. The number of tetrazole rings is 1. The minimum absolute atomic E-state index is 0.0239. The molecule has 2 amide bonds. The smallest absolute Gasteiger partial charge is 0.313 e. The van der Waals surface area contributed by atoms with Crippen molar-refractivity contribution in [3.63, 3.8) is 0 Å². The molecule has 35 heavy (non-hydrogen) atoms. The minimum atomic E-state index is -1.21. The number of aliphatic carboxylic acids is 1. The van der Waals surface area contributed by atoms with Crippen LogP contribution in [0.25, 0.3) is 0 Å². The number of anilines is 1. The van der Waals surface area contributed by atoms with Gasteiger partial charge in [-0.05, 0) is 22.6 Å². The Morgan fingerprint density at radius 2 is 2.17 bits per heavy atom. The van der Waals surface area contributed by atoms with Gasteiger partial charge in [0, 0.05) is 37.5 Å². The van der Waals surface area contributed by atoms with Gasteiger partial charge in [0.2, 0.25) is 11.1 Å². The second-order valence-corrected chi connectivity index (χ2v) is 11.0. The van der Waals surface area contributed by atoms with Crippen LogP contribution < -0.4 is 16.0 Å². The van der Waals surface area contributed by atoms with Crippen LogP contribution in [0.1, 0.15) is 10.5 Å². The molecule has 4 heterocycles. The van der Waals surface area contributed by atoms with Crippen molar-refractivity contribution in [3.05, 3.63) is 11.1 Å². The number of β-lactam (4-membered cyclic amide) rings is 1. The van der Waals surface area contributed by atoms with E-state index in [0.29, 0.717) is 15.4 Å². The molecule has 0 aliphatic carbocycles. The number of carbonyl (C=O) groups is 4. The molecule has 2 aliphatic rings. The second kappa shape index (κ2) is 10.0. The fourth-order valence-electron chi connectivity index (χ4n) is 3.37. The van der Waals surface area contributed by atoms with Crippen molar-refractivity contribution in [2.75, 3.05) is 30.4 Å². The lowest BCUT2D eigenvalue weighted by Crippen LogP contribution is -2.74. The molecule has 0 radical (unpaired) electrons. The van der Waals surface area contributed by atoms with Crippen LogP contribution in [0.3, 0.4) is 0 Å². The van der Waals surface area contributed by atoms with E-state index in [1.165, 1.54) is 38.5 Å². The summed E-state index contributed by atoms with van der Waals surface area (Å²) in [5.41, 5.74) is -1.29. The Balaban J connectivity index is 1.36. The summed E-state index contributed by atoms with van der Waals surface area (Å²) in [6.07, 6.45) is 0. The van der Waals surface area contributed by atoms with E-state index in [-0.39, 0.29) is 23.7 Å². The lowest BCUT2D eigenvalue weighted by Gasteiger charge is -2.53. The number of thioether (sulfide) groups is 2. The van der Waals surface area contributed by atoms with Crippen LogP contribution in [0.15, 0.2) is 10.5 Å². The van der Waals surface area contributed by atoms with Crippen LogP contribution in [0.4, 0.5) is 5.13 Å². The molecular formula is C17H19N9O5S4. The average molecular weight is 558 g/mol. The molecule has 2 fully saturated rings. The summed E-state index contributed by atoms with van der Waals surface area (Å²) in [6.45, 7) is -0.0239. The Morgan fingerprint density at radius 3 is 2.83 bits per heavy atom. The topological polar surface area (TPSA) is 184 Å². The molecule has 14 nitrogen and oxygen atoms in total. The Kier molecular flexibility index (Phi) is 7.25. The molecule has 0 saturated carbocycles. The van der Waals surface area contributed by atoms with Gasteiger partial charge in [-0.15, -0.1) is 28.2 Å².